The molecular weight excluding hydrogens is 202 g/mol. The quantitative estimate of drug-likeness (QED) is 0.710. The summed E-state index contributed by atoms with van der Waals surface area (Å²) in [7, 11) is 0. The van der Waals surface area contributed by atoms with Gasteiger partial charge < -0.3 is 15.6 Å². The molecule has 1 fully saturated rings. The van der Waals surface area contributed by atoms with Gasteiger partial charge in [-0.2, -0.15) is 0 Å². The Labute approximate surface area is 93.3 Å². The molecule has 82 valence electrons. The van der Waals surface area contributed by atoms with Gasteiger partial charge in [-0.05, 0) is 6.07 Å². The van der Waals surface area contributed by atoms with Gasteiger partial charge in [0.25, 0.3) is 0 Å². The Hall–Kier alpha value is -1.88. The van der Waals surface area contributed by atoms with E-state index in [1.807, 2.05) is 30.9 Å². The fraction of sp³-hybridized carbons (Fsp3) is 0.273. The molecule has 1 aliphatic rings. The van der Waals surface area contributed by atoms with Crippen LogP contribution in [0.3, 0.4) is 0 Å². The normalized spacial score (nSPS) is 15.8. The lowest BCUT2D eigenvalue weighted by Crippen LogP contribution is -2.51. The standard InChI is InChI=1S/C11H13N5/c1-2-12-3-8(1)9-4-14-11(15-5-9)16-10-6-13-7-10/h1-5,10,12-13H,6-7H2,(H,14,15,16). The van der Waals surface area contributed by atoms with E-state index in [4.69, 9.17) is 0 Å². The number of nitrogens with zero attached hydrogens (tertiary/aromatic N) is 2. The summed E-state index contributed by atoms with van der Waals surface area (Å²) < 4.78 is 0. The van der Waals surface area contributed by atoms with Gasteiger partial charge in [0.2, 0.25) is 5.95 Å². The molecule has 0 atom stereocenters. The summed E-state index contributed by atoms with van der Waals surface area (Å²) in [6.07, 6.45) is 7.50. The molecule has 3 rings (SSSR count). The van der Waals surface area contributed by atoms with Crippen LogP contribution in [0.2, 0.25) is 0 Å². The maximum Gasteiger partial charge on any atom is 0.222 e. The van der Waals surface area contributed by atoms with Crippen LogP contribution in [0.25, 0.3) is 11.1 Å². The van der Waals surface area contributed by atoms with Gasteiger partial charge in [0.05, 0.1) is 6.04 Å². The summed E-state index contributed by atoms with van der Waals surface area (Å²) in [4.78, 5) is 11.6. The summed E-state index contributed by atoms with van der Waals surface area (Å²) in [5.74, 6) is 0.700. The monoisotopic (exact) mass is 215 g/mol. The van der Waals surface area contributed by atoms with E-state index < -0.39 is 0 Å². The largest absolute Gasteiger partial charge is 0.367 e. The lowest BCUT2D eigenvalue weighted by molar-refractivity contribution is 0.470. The van der Waals surface area contributed by atoms with Crippen LogP contribution >= 0.6 is 0 Å². The zero-order chi connectivity index (χ0) is 10.8. The molecule has 0 bridgehead atoms. The van der Waals surface area contributed by atoms with Gasteiger partial charge in [0.15, 0.2) is 0 Å². The van der Waals surface area contributed by atoms with Crippen LogP contribution in [-0.4, -0.2) is 34.1 Å². The van der Waals surface area contributed by atoms with Crippen molar-refractivity contribution in [2.24, 2.45) is 0 Å². The summed E-state index contributed by atoms with van der Waals surface area (Å²) in [6.45, 7) is 1.98. The van der Waals surface area contributed by atoms with Gasteiger partial charge in [-0.3, -0.25) is 0 Å². The number of nitrogens with one attached hydrogen (secondary N) is 3. The summed E-state index contributed by atoms with van der Waals surface area (Å²) in [5.41, 5.74) is 2.13. The van der Waals surface area contributed by atoms with Gasteiger partial charge in [-0.1, -0.05) is 0 Å². The second-order valence-electron chi connectivity index (χ2n) is 3.89. The molecule has 0 radical (unpaired) electrons. The SMILES string of the molecule is c1cc(-c2cnc(NC3CNC3)nc2)c[nH]1. The molecule has 1 saturated heterocycles. The first-order valence-corrected chi connectivity index (χ1v) is 5.34. The van der Waals surface area contributed by atoms with Crippen molar-refractivity contribution in [2.45, 2.75) is 6.04 Å². The first-order valence-electron chi connectivity index (χ1n) is 5.34. The average molecular weight is 215 g/mol. The molecule has 3 heterocycles. The number of anilines is 1. The van der Waals surface area contributed by atoms with E-state index in [9.17, 15) is 0 Å². The first-order chi connectivity index (χ1) is 7.92. The molecule has 3 N–H and O–H groups in total. The predicted molar refractivity (Wildman–Crippen MR) is 62.1 cm³/mol. The Morgan fingerprint density at radius 1 is 1.19 bits per heavy atom. The fourth-order valence-electron chi connectivity index (χ4n) is 1.63. The van der Waals surface area contributed by atoms with Crippen LogP contribution in [0.4, 0.5) is 5.95 Å². The molecule has 2 aromatic rings. The second kappa shape index (κ2) is 3.94. The lowest BCUT2D eigenvalue weighted by Gasteiger charge is -2.27. The minimum absolute atomic E-state index is 0.470. The molecule has 0 aliphatic carbocycles. The van der Waals surface area contributed by atoms with E-state index in [1.54, 1.807) is 0 Å². The maximum absolute atomic E-state index is 4.29. The van der Waals surface area contributed by atoms with Crippen molar-refractivity contribution in [3.63, 3.8) is 0 Å². The van der Waals surface area contributed by atoms with E-state index in [0.717, 1.165) is 24.2 Å². The molecule has 0 unspecified atom stereocenters. The molecule has 0 amide bonds. The molecule has 2 aromatic heterocycles. The van der Waals surface area contributed by atoms with Crippen LogP contribution in [0, 0.1) is 0 Å². The van der Waals surface area contributed by atoms with E-state index in [0.29, 0.717) is 12.0 Å². The Bertz CT molecular complexity index is 444. The number of hydrogen-bond donors (Lipinski definition) is 3. The lowest BCUT2D eigenvalue weighted by atomic mass is 10.2. The molecule has 5 nitrogen and oxygen atoms in total. The highest BCUT2D eigenvalue weighted by Crippen LogP contribution is 2.16. The summed E-state index contributed by atoms with van der Waals surface area (Å²) >= 11 is 0. The fourth-order valence-corrected chi connectivity index (χ4v) is 1.63. The van der Waals surface area contributed by atoms with E-state index in [-0.39, 0.29) is 0 Å². The minimum Gasteiger partial charge on any atom is -0.367 e. The van der Waals surface area contributed by atoms with E-state index >= 15 is 0 Å². The Morgan fingerprint density at radius 3 is 2.56 bits per heavy atom. The van der Waals surface area contributed by atoms with Crippen LogP contribution in [0.5, 0.6) is 0 Å². The van der Waals surface area contributed by atoms with Gasteiger partial charge in [0.1, 0.15) is 0 Å². The number of rotatable bonds is 3. The third-order valence-electron chi connectivity index (χ3n) is 2.70. The van der Waals surface area contributed by atoms with Crippen molar-refractivity contribution in [3.8, 4) is 11.1 Å². The Kier molecular flexibility index (Phi) is 2.30. The number of H-pyrrole nitrogens is 1. The zero-order valence-electron chi connectivity index (χ0n) is 8.77. The summed E-state index contributed by atoms with van der Waals surface area (Å²) in [5, 5.41) is 6.45. The number of aromatic amines is 1. The number of hydrogen-bond acceptors (Lipinski definition) is 4. The molecular formula is C11H13N5. The molecule has 0 spiro atoms. The highest BCUT2D eigenvalue weighted by molar-refractivity contribution is 5.60. The second-order valence-corrected chi connectivity index (χ2v) is 3.89. The molecule has 0 aromatic carbocycles. The third kappa shape index (κ3) is 1.77. The van der Waals surface area contributed by atoms with E-state index in [1.165, 1.54) is 0 Å². The van der Waals surface area contributed by atoms with Crippen LogP contribution in [0.1, 0.15) is 0 Å². The molecule has 16 heavy (non-hydrogen) atoms. The highest BCUT2D eigenvalue weighted by Gasteiger charge is 2.16. The Morgan fingerprint density at radius 2 is 2.00 bits per heavy atom. The van der Waals surface area contributed by atoms with Crippen LogP contribution in [0.15, 0.2) is 30.9 Å². The predicted octanol–water partition coefficient (Wildman–Crippen LogP) is 0.855. The van der Waals surface area contributed by atoms with Crippen molar-refractivity contribution in [2.75, 3.05) is 18.4 Å². The first kappa shape index (κ1) is 9.35. The third-order valence-corrected chi connectivity index (χ3v) is 2.70. The van der Waals surface area contributed by atoms with Gasteiger partial charge in [-0.25, -0.2) is 9.97 Å². The Balaban J connectivity index is 1.74. The van der Waals surface area contributed by atoms with Gasteiger partial charge in [0, 0.05) is 49.0 Å². The van der Waals surface area contributed by atoms with Crippen molar-refractivity contribution in [1.82, 2.24) is 20.3 Å². The smallest absolute Gasteiger partial charge is 0.222 e. The van der Waals surface area contributed by atoms with Crippen LogP contribution < -0.4 is 10.6 Å². The maximum atomic E-state index is 4.29. The van der Waals surface area contributed by atoms with Crippen molar-refractivity contribution < 1.29 is 0 Å². The molecule has 1 aliphatic heterocycles. The van der Waals surface area contributed by atoms with Crippen molar-refractivity contribution >= 4 is 5.95 Å². The van der Waals surface area contributed by atoms with Crippen molar-refractivity contribution in [1.29, 1.82) is 0 Å². The average Bonchev–Trinajstić information content (AvgIpc) is 2.78. The summed E-state index contributed by atoms with van der Waals surface area (Å²) in [6, 6.07) is 2.47. The van der Waals surface area contributed by atoms with Crippen LogP contribution in [-0.2, 0) is 0 Å². The van der Waals surface area contributed by atoms with E-state index in [2.05, 4.69) is 25.6 Å². The van der Waals surface area contributed by atoms with Gasteiger partial charge in [-0.15, -0.1) is 0 Å². The topological polar surface area (TPSA) is 65.6 Å². The van der Waals surface area contributed by atoms with Crippen molar-refractivity contribution in [3.05, 3.63) is 30.9 Å². The zero-order valence-corrected chi connectivity index (χ0v) is 8.77. The highest BCUT2D eigenvalue weighted by atomic mass is 15.2. The van der Waals surface area contributed by atoms with Gasteiger partial charge >= 0.3 is 0 Å². The minimum atomic E-state index is 0.470. The number of aromatic nitrogens is 3. The molecule has 5 heteroatoms. The molecule has 0 saturated carbocycles.